The summed E-state index contributed by atoms with van der Waals surface area (Å²) in [4.78, 5) is 4.09. The van der Waals surface area contributed by atoms with Gasteiger partial charge in [0.05, 0.1) is 35.5 Å². The first-order valence-electron chi connectivity index (χ1n) is 9.74. The Balaban J connectivity index is 1.83. The average molecular weight is 389 g/mol. The molecule has 2 heterocycles. The number of pyridine rings is 1. The van der Waals surface area contributed by atoms with Crippen molar-refractivity contribution in [1.82, 2.24) is 9.55 Å². The Kier molecular flexibility index (Phi) is 4.22. The van der Waals surface area contributed by atoms with Crippen LogP contribution in [0.4, 0.5) is 0 Å². The fraction of sp³-hybridized carbons (Fsp3) is 0.0769. The monoisotopic (exact) mass is 389 g/mol. The van der Waals surface area contributed by atoms with E-state index in [0.717, 1.165) is 49.9 Å². The van der Waals surface area contributed by atoms with Crippen LogP contribution in [-0.2, 0) is 0 Å². The summed E-state index contributed by atoms with van der Waals surface area (Å²) in [5.41, 5.74) is 6.83. The summed E-state index contributed by atoms with van der Waals surface area (Å²) < 4.78 is 7.69. The quantitative estimate of drug-likeness (QED) is 0.378. The molecule has 5 aromatic rings. The number of aryl methyl sites for hydroxylation is 1. The summed E-state index contributed by atoms with van der Waals surface area (Å²) in [6.07, 6.45) is 3.50. The van der Waals surface area contributed by atoms with Gasteiger partial charge in [0.1, 0.15) is 5.75 Å². The zero-order valence-corrected chi connectivity index (χ0v) is 16.8. The van der Waals surface area contributed by atoms with Crippen molar-refractivity contribution >= 4 is 21.8 Å². The summed E-state index contributed by atoms with van der Waals surface area (Å²) in [5.74, 6) is 0.827. The van der Waals surface area contributed by atoms with Crippen LogP contribution in [-0.4, -0.2) is 16.7 Å². The summed E-state index contributed by atoms with van der Waals surface area (Å²) >= 11 is 0. The van der Waals surface area contributed by atoms with Crippen LogP contribution in [0.5, 0.6) is 5.75 Å². The van der Waals surface area contributed by atoms with Gasteiger partial charge < -0.3 is 9.30 Å². The standard InChI is InChI=1S/C26H19N3O/c1-17-13-22(18-9-11-28-12-10-18)19(16-27)14-26(17)29-24-6-4-3-5-21(24)23-15-20(30-2)7-8-25(23)29/h3-15H,1-2H3. The van der Waals surface area contributed by atoms with Gasteiger partial charge in [0.2, 0.25) is 0 Å². The van der Waals surface area contributed by atoms with Crippen molar-refractivity contribution < 1.29 is 4.74 Å². The number of para-hydroxylation sites is 1. The Morgan fingerprint density at radius 2 is 1.67 bits per heavy atom. The molecule has 0 bridgehead atoms. The van der Waals surface area contributed by atoms with Crippen LogP contribution >= 0.6 is 0 Å². The molecule has 4 nitrogen and oxygen atoms in total. The molecule has 4 heteroatoms. The molecule has 0 radical (unpaired) electrons. The molecule has 0 atom stereocenters. The van der Waals surface area contributed by atoms with E-state index in [1.54, 1.807) is 19.5 Å². The molecule has 0 amide bonds. The van der Waals surface area contributed by atoms with E-state index < -0.39 is 0 Å². The molecular weight excluding hydrogens is 370 g/mol. The zero-order valence-electron chi connectivity index (χ0n) is 16.8. The molecule has 30 heavy (non-hydrogen) atoms. The third kappa shape index (κ3) is 2.72. The number of nitrogens with zero attached hydrogens (tertiary/aromatic N) is 3. The first-order valence-corrected chi connectivity index (χ1v) is 9.74. The Bertz CT molecular complexity index is 1440. The highest BCUT2D eigenvalue weighted by molar-refractivity contribution is 6.09. The van der Waals surface area contributed by atoms with Crippen molar-refractivity contribution in [3.63, 3.8) is 0 Å². The molecule has 0 fully saturated rings. The molecule has 0 aliphatic heterocycles. The number of ether oxygens (including phenoxy) is 1. The van der Waals surface area contributed by atoms with Gasteiger partial charge in [0, 0.05) is 23.2 Å². The van der Waals surface area contributed by atoms with E-state index in [9.17, 15) is 5.26 Å². The maximum Gasteiger partial charge on any atom is 0.119 e. The van der Waals surface area contributed by atoms with Crippen molar-refractivity contribution in [3.8, 4) is 28.6 Å². The lowest BCUT2D eigenvalue weighted by Gasteiger charge is -2.15. The van der Waals surface area contributed by atoms with Crippen LogP contribution in [0.25, 0.3) is 38.6 Å². The van der Waals surface area contributed by atoms with Crippen LogP contribution in [0, 0.1) is 18.3 Å². The molecule has 144 valence electrons. The first-order chi connectivity index (χ1) is 14.7. The van der Waals surface area contributed by atoms with Crippen molar-refractivity contribution in [1.29, 1.82) is 5.26 Å². The van der Waals surface area contributed by atoms with E-state index >= 15 is 0 Å². The van der Waals surface area contributed by atoms with Gasteiger partial charge in [-0.1, -0.05) is 18.2 Å². The molecule has 2 aromatic heterocycles. The SMILES string of the molecule is COc1ccc2c(c1)c1ccccc1n2-c1cc(C#N)c(-c2ccncc2)cc1C. The van der Waals surface area contributed by atoms with E-state index in [0.29, 0.717) is 5.56 Å². The molecule has 5 rings (SSSR count). The van der Waals surface area contributed by atoms with Crippen LogP contribution in [0.3, 0.4) is 0 Å². The molecule has 0 unspecified atom stereocenters. The molecule has 0 saturated carbocycles. The largest absolute Gasteiger partial charge is 0.497 e. The van der Waals surface area contributed by atoms with Crippen LogP contribution in [0.1, 0.15) is 11.1 Å². The second-order valence-corrected chi connectivity index (χ2v) is 7.27. The van der Waals surface area contributed by atoms with Gasteiger partial charge in [-0.25, -0.2) is 0 Å². The van der Waals surface area contributed by atoms with Gasteiger partial charge in [-0.2, -0.15) is 5.26 Å². The summed E-state index contributed by atoms with van der Waals surface area (Å²) in [5, 5.41) is 12.2. The van der Waals surface area contributed by atoms with Gasteiger partial charge in [0.15, 0.2) is 0 Å². The predicted molar refractivity (Wildman–Crippen MR) is 120 cm³/mol. The highest BCUT2D eigenvalue weighted by Crippen LogP contribution is 2.36. The van der Waals surface area contributed by atoms with Crippen molar-refractivity contribution in [2.24, 2.45) is 0 Å². The van der Waals surface area contributed by atoms with E-state index in [-0.39, 0.29) is 0 Å². The molecular formula is C26H19N3O. The highest BCUT2D eigenvalue weighted by atomic mass is 16.5. The number of hydrogen-bond donors (Lipinski definition) is 0. The first kappa shape index (κ1) is 18.0. The zero-order chi connectivity index (χ0) is 20.7. The van der Waals surface area contributed by atoms with Gasteiger partial charge in [0.25, 0.3) is 0 Å². The van der Waals surface area contributed by atoms with E-state index in [1.165, 1.54) is 0 Å². The number of benzene rings is 3. The van der Waals surface area contributed by atoms with Crippen molar-refractivity contribution in [3.05, 3.63) is 90.3 Å². The number of nitriles is 1. The van der Waals surface area contributed by atoms with Gasteiger partial charge in [-0.05, 0) is 72.1 Å². The van der Waals surface area contributed by atoms with E-state index in [1.807, 2.05) is 36.4 Å². The van der Waals surface area contributed by atoms with Crippen molar-refractivity contribution in [2.45, 2.75) is 6.92 Å². The smallest absolute Gasteiger partial charge is 0.119 e. The highest BCUT2D eigenvalue weighted by Gasteiger charge is 2.16. The predicted octanol–water partition coefficient (Wildman–Crippen LogP) is 6.03. The molecule has 0 aliphatic rings. The van der Waals surface area contributed by atoms with Crippen LogP contribution in [0.15, 0.2) is 79.1 Å². The third-order valence-electron chi connectivity index (χ3n) is 5.57. The van der Waals surface area contributed by atoms with E-state index in [2.05, 4.69) is 52.9 Å². The fourth-order valence-electron chi connectivity index (χ4n) is 4.14. The number of rotatable bonds is 3. The molecule has 0 N–H and O–H groups in total. The number of aromatic nitrogens is 2. The second-order valence-electron chi connectivity index (χ2n) is 7.27. The van der Waals surface area contributed by atoms with Gasteiger partial charge in [-0.15, -0.1) is 0 Å². The van der Waals surface area contributed by atoms with Gasteiger partial charge >= 0.3 is 0 Å². The van der Waals surface area contributed by atoms with Gasteiger partial charge in [-0.3, -0.25) is 4.98 Å². The molecule has 3 aromatic carbocycles. The number of methoxy groups -OCH3 is 1. The van der Waals surface area contributed by atoms with Crippen LogP contribution in [0.2, 0.25) is 0 Å². The van der Waals surface area contributed by atoms with Crippen molar-refractivity contribution in [2.75, 3.05) is 7.11 Å². The summed E-state index contributed by atoms with van der Waals surface area (Å²) in [6, 6.07) is 24.8. The Labute approximate surface area is 174 Å². The summed E-state index contributed by atoms with van der Waals surface area (Å²) in [7, 11) is 1.68. The van der Waals surface area contributed by atoms with E-state index in [4.69, 9.17) is 4.74 Å². The lowest BCUT2D eigenvalue weighted by atomic mass is 9.97. The minimum atomic E-state index is 0.640. The Morgan fingerprint density at radius 1 is 0.900 bits per heavy atom. The molecule has 0 spiro atoms. The maximum absolute atomic E-state index is 9.90. The summed E-state index contributed by atoms with van der Waals surface area (Å²) in [6.45, 7) is 2.09. The topological polar surface area (TPSA) is 50.8 Å². The average Bonchev–Trinajstić information content (AvgIpc) is 3.13. The Hall–Kier alpha value is -4.10. The minimum Gasteiger partial charge on any atom is -0.497 e. The number of hydrogen-bond acceptors (Lipinski definition) is 3. The second kappa shape index (κ2) is 7.06. The maximum atomic E-state index is 9.90. The molecule has 0 aliphatic carbocycles. The third-order valence-corrected chi connectivity index (χ3v) is 5.57. The van der Waals surface area contributed by atoms with Crippen LogP contribution < -0.4 is 4.74 Å². The minimum absolute atomic E-state index is 0.640. The lowest BCUT2D eigenvalue weighted by molar-refractivity contribution is 0.415. The fourth-order valence-corrected chi connectivity index (χ4v) is 4.14. The normalized spacial score (nSPS) is 11.0. The molecule has 0 saturated heterocycles. The number of fused-ring (bicyclic) bond motifs is 3. The Morgan fingerprint density at radius 3 is 2.43 bits per heavy atom. The lowest BCUT2D eigenvalue weighted by Crippen LogP contribution is -1.99.